The van der Waals surface area contributed by atoms with E-state index in [4.69, 9.17) is 31.7 Å². The van der Waals surface area contributed by atoms with Gasteiger partial charge >= 0.3 is 0 Å². The van der Waals surface area contributed by atoms with E-state index in [9.17, 15) is 0 Å². The van der Waals surface area contributed by atoms with Crippen LogP contribution in [0.1, 0.15) is 55.3 Å². The van der Waals surface area contributed by atoms with Gasteiger partial charge in [-0.2, -0.15) is 4.98 Å². The molecule has 4 rings (SSSR count). The van der Waals surface area contributed by atoms with E-state index in [0.717, 1.165) is 80.3 Å². The van der Waals surface area contributed by atoms with E-state index < -0.39 is 0 Å². The highest BCUT2D eigenvalue weighted by Gasteiger charge is 2.24. The maximum absolute atomic E-state index is 5.57. The molecule has 0 radical (unpaired) electrons. The lowest BCUT2D eigenvalue weighted by atomic mass is 9.91. The zero-order valence-electron chi connectivity index (χ0n) is 22.0. The fraction of sp³-hybridized carbons (Fsp3) is 0.593. The summed E-state index contributed by atoms with van der Waals surface area (Å²) in [5, 5.41) is 11.2. The first kappa shape index (κ1) is 26.3. The first-order chi connectivity index (χ1) is 17.5. The molecule has 2 aliphatic rings. The van der Waals surface area contributed by atoms with Gasteiger partial charge in [0.05, 0.1) is 19.9 Å². The first-order valence-electron chi connectivity index (χ1n) is 13.1. The summed E-state index contributed by atoms with van der Waals surface area (Å²) in [6, 6.07) is 6.64. The Kier molecular flexibility index (Phi) is 9.07. The van der Waals surface area contributed by atoms with E-state index in [2.05, 4.69) is 34.9 Å². The molecule has 3 N–H and O–H groups in total. The van der Waals surface area contributed by atoms with Crippen molar-refractivity contribution in [3.8, 4) is 11.5 Å². The number of rotatable bonds is 9. The van der Waals surface area contributed by atoms with E-state index in [0.29, 0.717) is 17.2 Å². The third kappa shape index (κ3) is 6.69. The Balaban J connectivity index is 1.22. The van der Waals surface area contributed by atoms with E-state index in [1.54, 1.807) is 14.2 Å². The molecular formula is C27H40N6O2S. The van der Waals surface area contributed by atoms with Crippen LogP contribution in [0.2, 0.25) is 0 Å². The molecule has 36 heavy (non-hydrogen) atoms. The Labute approximate surface area is 220 Å². The monoisotopic (exact) mass is 512 g/mol. The largest absolute Gasteiger partial charge is 0.497 e. The van der Waals surface area contributed by atoms with Gasteiger partial charge in [-0.15, -0.1) is 0 Å². The van der Waals surface area contributed by atoms with Gasteiger partial charge in [-0.05, 0) is 93.8 Å². The molecule has 9 heteroatoms. The van der Waals surface area contributed by atoms with Gasteiger partial charge in [0.25, 0.3) is 0 Å². The molecule has 0 atom stereocenters. The highest BCUT2D eigenvalue weighted by molar-refractivity contribution is 7.80. The Hall–Kier alpha value is -2.81. The van der Waals surface area contributed by atoms with Gasteiger partial charge in [0.2, 0.25) is 5.95 Å². The van der Waals surface area contributed by atoms with Gasteiger partial charge in [-0.3, -0.25) is 0 Å². The summed E-state index contributed by atoms with van der Waals surface area (Å²) in [6.45, 7) is 0.732. The molecule has 1 heterocycles. The molecule has 1 fully saturated rings. The van der Waals surface area contributed by atoms with Crippen molar-refractivity contribution in [3.05, 3.63) is 35.0 Å². The predicted molar refractivity (Wildman–Crippen MR) is 150 cm³/mol. The maximum Gasteiger partial charge on any atom is 0.225 e. The summed E-state index contributed by atoms with van der Waals surface area (Å²) in [7, 11) is 7.51. The summed E-state index contributed by atoms with van der Waals surface area (Å²) < 4.78 is 10.8. The lowest BCUT2D eigenvalue weighted by Gasteiger charge is -2.31. The molecule has 196 valence electrons. The van der Waals surface area contributed by atoms with Crippen molar-refractivity contribution in [3.63, 3.8) is 0 Å². The van der Waals surface area contributed by atoms with Crippen molar-refractivity contribution in [1.29, 1.82) is 0 Å². The Bertz CT molecular complexity index is 1040. The van der Waals surface area contributed by atoms with E-state index in [-0.39, 0.29) is 0 Å². The van der Waals surface area contributed by atoms with Crippen molar-refractivity contribution < 1.29 is 9.47 Å². The third-order valence-electron chi connectivity index (χ3n) is 7.15. The lowest BCUT2D eigenvalue weighted by Crippen LogP contribution is -2.45. The Morgan fingerprint density at radius 2 is 1.78 bits per heavy atom. The second-order valence-electron chi connectivity index (χ2n) is 9.92. The van der Waals surface area contributed by atoms with Gasteiger partial charge in [-0.1, -0.05) is 0 Å². The summed E-state index contributed by atoms with van der Waals surface area (Å²) in [6.07, 6.45) is 9.65. The van der Waals surface area contributed by atoms with Crippen molar-refractivity contribution in [1.82, 2.24) is 20.6 Å². The molecule has 0 spiro atoms. The highest BCUT2D eigenvalue weighted by atomic mass is 32.1. The smallest absolute Gasteiger partial charge is 0.225 e. The minimum Gasteiger partial charge on any atom is -0.497 e. The van der Waals surface area contributed by atoms with Crippen LogP contribution in [0, 0.1) is 0 Å². The Morgan fingerprint density at radius 1 is 1.03 bits per heavy atom. The summed E-state index contributed by atoms with van der Waals surface area (Å²) in [5.74, 6) is 3.54. The SMILES string of the molecule is COc1ccc(OC)c(CCNC(=S)N[C@H]2CC[C@@H](Nc3nc4c(c(N(C)C)n3)CCCC4)CC2)c1. The zero-order valence-corrected chi connectivity index (χ0v) is 22.8. The van der Waals surface area contributed by atoms with Gasteiger partial charge in [0.1, 0.15) is 17.3 Å². The van der Waals surface area contributed by atoms with E-state index in [1.165, 1.54) is 24.1 Å². The van der Waals surface area contributed by atoms with Gasteiger partial charge in [-0.25, -0.2) is 4.98 Å². The first-order valence-corrected chi connectivity index (χ1v) is 13.5. The van der Waals surface area contributed by atoms with Crippen molar-refractivity contribution in [2.45, 2.75) is 69.9 Å². The number of aromatic nitrogens is 2. The van der Waals surface area contributed by atoms with Crippen LogP contribution in [0.25, 0.3) is 0 Å². The van der Waals surface area contributed by atoms with Crippen LogP contribution in [-0.2, 0) is 19.3 Å². The number of nitrogens with zero attached hydrogens (tertiary/aromatic N) is 3. The average molecular weight is 513 g/mol. The number of anilines is 2. The summed E-state index contributed by atoms with van der Waals surface area (Å²) in [5.41, 5.74) is 3.65. The fourth-order valence-electron chi connectivity index (χ4n) is 5.20. The van der Waals surface area contributed by atoms with Crippen molar-refractivity contribution in [2.75, 3.05) is 45.1 Å². The molecule has 2 aliphatic carbocycles. The van der Waals surface area contributed by atoms with Gasteiger partial charge < -0.3 is 30.3 Å². The number of thiocarbonyl (C=S) groups is 1. The van der Waals surface area contributed by atoms with Crippen LogP contribution in [0.15, 0.2) is 18.2 Å². The topological polar surface area (TPSA) is 83.6 Å². The minimum absolute atomic E-state index is 0.385. The van der Waals surface area contributed by atoms with Crippen LogP contribution >= 0.6 is 12.2 Å². The summed E-state index contributed by atoms with van der Waals surface area (Å²) in [4.78, 5) is 11.9. The summed E-state index contributed by atoms with van der Waals surface area (Å²) >= 11 is 5.57. The minimum atomic E-state index is 0.385. The molecule has 0 aliphatic heterocycles. The number of methoxy groups -OCH3 is 2. The van der Waals surface area contributed by atoms with Crippen LogP contribution in [-0.4, -0.2) is 62.0 Å². The molecule has 8 nitrogen and oxygen atoms in total. The van der Waals surface area contributed by atoms with Crippen LogP contribution < -0.4 is 30.3 Å². The molecule has 1 aromatic carbocycles. The maximum atomic E-state index is 5.57. The molecule has 0 bridgehead atoms. The molecule has 1 aromatic heterocycles. The molecule has 1 saturated carbocycles. The van der Waals surface area contributed by atoms with Crippen molar-refractivity contribution >= 4 is 29.1 Å². The molecule has 0 saturated heterocycles. The fourth-order valence-corrected chi connectivity index (χ4v) is 5.47. The molecular weight excluding hydrogens is 472 g/mol. The number of benzene rings is 1. The number of aryl methyl sites for hydroxylation is 1. The number of hydrogen-bond donors (Lipinski definition) is 3. The van der Waals surface area contributed by atoms with Crippen LogP contribution in [0.5, 0.6) is 11.5 Å². The highest BCUT2D eigenvalue weighted by Crippen LogP contribution is 2.29. The second-order valence-corrected chi connectivity index (χ2v) is 10.3. The normalized spacial score (nSPS) is 19.1. The number of nitrogens with one attached hydrogen (secondary N) is 3. The molecule has 0 amide bonds. The predicted octanol–water partition coefficient (Wildman–Crippen LogP) is 3.87. The van der Waals surface area contributed by atoms with Crippen LogP contribution in [0.3, 0.4) is 0 Å². The van der Waals surface area contributed by atoms with E-state index in [1.807, 2.05) is 18.2 Å². The standard InChI is InChI=1S/C27H40N6O2S/c1-33(2)25-22-7-5-6-8-23(22)31-26(32-25)29-19-9-11-20(12-10-19)30-27(36)28-16-15-18-17-21(34-3)13-14-24(18)35-4/h13-14,17,19-20H,5-12,15-16H2,1-4H3,(H2,28,30,36)(H,29,31,32)/t19-,20+. The van der Waals surface area contributed by atoms with Gasteiger partial charge in [0.15, 0.2) is 5.11 Å². The average Bonchev–Trinajstić information content (AvgIpc) is 2.89. The number of fused-ring (bicyclic) bond motifs is 1. The Morgan fingerprint density at radius 3 is 2.50 bits per heavy atom. The quantitative estimate of drug-likeness (QED) is 0.434. The van der Waals surface area contributed by atoms with Crippen LogP contribution in [0.4, 0.5) is 11.8 Å². The zero-order chi connectivity index (χ0) is 25.5. The lowest BCUT2D eigenvalue weighted by molar-refractivity contribution is 0.385. The number of ether oxygens (including phenoxy) is 2. The molecule has 0 unspecified atom stereocenters. The molecule has 2 aromatic rings. The van der Waals surface area contributed by atoms with Gasteiger partial charge in [0, 0.05) is 38.3 Å². The van der Waals surface area contributed by atoms with E-state index >= 15 is 0 Å². The number of hydrogen-bond acceptors (Lipinski definition) is 7. The van der Waals surface area contributed by atoms with Crippen molar-refractivity contribution in [2.24, 2.45) is 0 Å². The third-order valence-corrected chi connectivity index (χ3v) is 7.41. The second kappa shape index (κ2) is 12.4.